The van der Waals surface area contributed by atoms with Gasteiger partial charge in [0.05, 0.1) is 11.5 Å². The lowest BCUT2D eigenvalue weighted by Gasteiger charge is -2.12. The molecule has 180 valence electrons. The highest BCUT2D eigenvalue weighted by atomic mass is 32.2. The van der Waals surface area contributed by atoms with Crippen molar-refractivity contribution < 1.29 is 17.9 Å². The zero-order valence-corrected chi connectivity index (χ0v) is 20.4. The fraction of sp³-hybridized carbons (Fsp3) is 0.400. The Morgan fingerprint density at radius 2 is 1.88 bits per heavy atom. The van der Waals surface area contributed by atoms with Gasteiger partial charge >= 0.3 is 0 Å². The van der Waals surface area contributed by atoms with Crippen molar-refractivity contribution in [1.82, 2.24) is 14.8 Å². The molecule has 2 aromatic carbocycles. The Morgan fingerprint density at radius 1 is 1.09 bits per heavy atom. The number of anilines is 1. The van der Waals surface area contributed by atoms with Gasteiger partial charge in [-0.1, -0.05) is 18.6 Å². The number of nitrogens with zero attached hydrogens (tertiary/aromatic N) is 3. The summed E-state index contributed by atoms with van der Waals surface area (Å²) in [5.74, 6) is 2.37. The van der Waals surface area contributed by atoms with Crippen LogP contribution in [0, 0.1) is 6.92 Å². The maximum absolute atomic E-state index is 12.5. The van der Waals surface area contributed by atoms with E-state index in [1.807, 2.05) is 25.1 Å². The SMILES string of the molecule is Cc1ccc(-c2nnc3n2CCCCC3)cc1NC(=O)CCCOc1ccc(S(C)(=O)=O)cc1. The quantitative estimate of drug-likeness (QED) is 0.483. The number of amides is 1. The molecule has 0 aliphatic carbocycles. The largest absolute Gasteiger partial charge is 0.494 e. The van der Waals surface area contributed by atoms with Gasteiger partial charge in [-0.15, -0.1) is 10.2 Å². The number of ether oxygens (including phenoxy) is 1. The summed E-state index contributed by atoms with van der Waals surface area (Å²) in [7, 11) is -3.23. The molecular weight excluding hydrogens is 452 g/mol. The number of hydrogen-bond donors (Lipinski definition) is 1. The smallest absolute Gasteiger partial charge is 0.224 e. The third-order valence-electron chi connectivity index (χ3n) is 5.95. The highest BCUT2D eigenvalue weighted by molar-refractivity contribution is 7.90. The van der Waals surface area contributed by atoms with Gasteiger partial charge in [0.1, 0.15) is 11.6 Å². The van der Waals surface area contributed by atoms with Gasteiger partial charge in [0.25, 0.3) is 0 Å². The Bertz CT molecular complexity index is 1270. The van der Waals surface area contributed by atoms with Crippen LogP contribution in [0.2, 0.25) is 0 Å². The van der Waals surface area contributed by atoms with Crippen LogP contribution in [0.15, 0.2) is 47.4 Å². The maximum Gasteiger partial charge on any atom is 0.224 e. The molecule has 0 spiro atoms. The van der Waals surface area contributed by atoms with Gasteiger partial charge in [-0.25, -0.2) is 8.42 Å². The highest BCUT2D eigenvalue weighted by Gasteiger charge is 2.17. The summed E-state index contributed by atoms with van der Waals surface area (Å²) in [6.07, 6.45) is 6.43. The van der Waals surface area contributed by atoms with E-state index < -0.39 is 9.84 Å². The van der Waals surface area contributed by atoms with Crippen LogP contribution in [0.4, 0.5) is 5.69 Å². The van der Waals surface area contributed by atoms with Gasteiger partial charge in [-0.2, -0.15) is 0 Å². The number of hydrogen-bond acceptors (Lipinski definition) is 6. The minimum absolute atomic E-state index is 0.0867. The van der Waals surface area contributed by atoms with Crippen LogP contribution in [0.5, 0.6) is 5.75 Å². The van der Waals surface area contributed by atoms with Gasteiger partial charge in [0, 0.05) is 36.9 Å². The van der Waals surface area contributed by atoms with Gasteiger partial charge in [0.2, 0.25) is 5.91 Å². The van der Waals surface area contributed by atoms with Gasteiger partial charge < -0.3 is 14.6 Å². The van der Waals surface area contributed by atoms with Crippen LogP contribution < -0.4 is 10.1 Å². The first kappa shape index (κ1) is 23.9. The summed E-state index contributed by atoms with van der Waals surface area (Å²) in [4.78, 5) is 12.8. The molecule has 3 aromatic rings. The first-order valence-corrected chi connectivity index (χ1v) is 13.5. The van der Waals surface area contributed by atoms with E-state index in [2.05, 4.69) is 20.1 Å². The third kappa shape index (κ3) is 5.83. The van der Waals surface area contributed by atoms with Crippen molar-refractivity contribution in [2.24, 2.45) is 0 Å². The molecular formula is C25H30N4O4S. The molecule has 4 rings (SSSR count). The Balaban J connectivity index is 1.32. The predicted octanol–water partition coefficient (Wildman–Crippen LogP) is 4.18. The number of rotatable bonds is 8. The normalized spacial score (nSPS) is 13.7. The van der Waals surface area contributed by atoms with Crippen LogP contribution in [-0.4, -0.2) is 42.0 Å². The third-order valence-corrected chi connectivity index (χ3v) is 7.08. The summed E-state index contributed by atoms with van der Waals surface area (Å²) in [5.41, 5.74) is 2.70. The number of carbonyl (C=O) groups is 1. The van der Waals surface area contributed by atoms with Gasteiger partial charge in [-0.05, 0) is 62.1 Å². The van der Waals surface area contributed by atoms with Crippen molar-refractivity contribution in [1.29, 1.82) is 0 Å². The van der Waals surface area contributed by atoms with E-state index >= 15 is 0 Å². The molecule has 34 heavy (non-hydrogen) atoms. The summed E-state index contributed by atoms with van der Waals surface area (Å²) >= 11 is 0. The van der Waals surface area contributed by atoms with E-state index in [4.69, 9.17) is 4.74 Å². The molecule has 0 fully saturated rings. The predicted molar refractivity (Wildman–Crippen MR) is 131 cm³/mol. The summed E-state index contributed by atoms with van der Waals surface area (Å²) < 4.78 is 30.9. The van der Waals surface area contributed by atoms with Crippen LogP contribution in [0.1, 0.15) is 43.5 Å². The molecule has 1 aliphatic heterocycles. The lowest BCUT2D eigenvalue weighted by Crippen LogP contribution is -2.14. The van der Waals surface area contributed by atoms with Gasteiger partial charge in [-0.3, -0.25) is 4.79 Å². The number of nitrogens with one attached hydrogen (secondary N) is 1. The molecule has 0 unspecified atom stereocenters. The second kappa shape index (κ2) is 10.4. The van der Waals surface area contributed by atoms with Crippen molar-refractivity contribution in [2.75, 3.05) is 18.2 Å². The van der Waals surface area contributed by atoms with E-state index in [1.54, 1.807) is 12.1 Å². The van der Waals surface area contributed by atoms with Crippen molar-refractivity contribution in [2.45, 2.75) is 56.9 Å². The second-order valence-electron chi connectivity index (χ2n) is 8.68. The van der Waals surface area contributed by atoms with Crippen molar-refractivity contribution in [3.63, 3.8) is 0 Å². The monoisotopic (exact) mass is 482 g/mol. The fourth-order valence-electron chi connectivity index (χ4n) is 4.01. The lowest BCUT2D eigenvalue weighted by molar-refractivity contribution is -0.116. The number of fused-ring (bicyclic) bond motifs is 1. The molecule has 2 heterocycles. The average Bonchev–Trinajstić information content (AvgIpc) is 3.06. The lowest BCUT2D eigenvalue weighted by atomic mass is 10.1. The van der Waals surface area contributed by atoms with E-state index in [1.165, 1.54) is 24.8 Å². The Morgan fingerprint density at radius 3 is 2.65 bits per heavy atom. The molecule has 0 saturated heterocycles. The first-order valence-electron chi connectivity index (χ1n) is 11.6. The number of aryl methyl sites for hydroxylation is 2. The highest BCUT2D eigenvalue weighted by Crippen LogP contribution is 2.27. The maximum atomic E-state index is 12.5. The van der Waals surface area contributed by atoms with E-state index in [-0.39, 0.29) is 10.8 Å². The molecule has 0 bridgehead atoms. The van der Waals surface area contributed by atoms with Crippen LogP contribution in [0.3, 0.4) is 0 Å². The zero-order chi connectivity index (χ0) is 24.1. The second-order valence-corrected chi connectivity index (χ2v) is 10.7. The van der Waals surface area contributed by atoms with Crippen LogP contribution in [-0.2, 0) is 27.6 Å². The molecule has 8 nitrogen and oxygen atoms in total. The number of sulfone groups is 1. The van der Waals surface area contributed by atoms with Crippen molar-refractivity contribution in [3.8, 4) is 17.1 Å². The van der Waals surface area contributed by atoms with E-state index in [0.717, 1.165) is 54.3 Å². The molecule has 1 aromatic heterocycles. The van der Waals surface area contributed by atoms with Crippen molar-refractivity contribution >= 4 is 21.4 Å². The van der Waals surface area contributed by atoms with E-state index in [9.17, 15) is 13.2 Å². The van der Waals surface area contributed by atoms with Crippen molar-refractivity contribution in [3.05, 3.63) is 53.9 Å². The standard InChI is InChI=1S/C25H30N4O4S/c1-18-9-10-19(25-28-27-23-7-4-3-5-15-29(23)25)17-22(18)26-24(30)8-6-16-33-20-11-13-21(14-12-20)34(2,31)32/h9-14,17H,3-8,15-16H2,1-2H3,(H,26,30). The summed E-state index contributed by atoms with van der Waals surface area (Å²) in [5, 5.41) is 11.8. The van der Waals surface area contributed by atoms with Crippen LogP contribution in [0.25, 0.3) is 11.4 Å². The molecule has 9 heteroatoms. The minimum Gasteiger partial charge on any atom is -0.494 e. The molecule has 1 N–H and O–H groups in total. The summed E-state index contributed by atoms with van der Waals surface area (Å²) in [6.45, 7) is 3.24. The topological polar surface area (TPSA) is 103 Å². The zero-order valence-electron chi connectivity index (χ0n) is 19.6. The molecule has 0 radical (unpaired) electrons. The molecule has 1 aliphatic rings. The Labute approximate surface area is 200 Å². The Hall–Kier alpha value is -3.20. The summed E-state index contributed by atoms with van der Waals surface area (Å²) in [6, 6.07) is 12.3. The molecule has 0 saturated carbocycles. The van der Waals surface area contributed by atoms with E-state index in [0.29, 0.717) is 25.2 Å². The fourth-order valence-corrected chi connectivity index (χ4v) is 4.64. The van der Waals surface area contributed by atoms with Gasteiger partial charge in [0.15, 0.2) is 15.7 Å². The first-order chi connectivity index (χ1) is 16.3. The number of carbonyl (C=O) groups excluding carboxylic acids is 1. The number of benzene rings is 2. The molecule has 1 amide bonds. The Kier molecular flexibility index (Phi) is 7.31. The molecule has 0 atom stereocenters. The van der Waals surface area contributed by atoms with Crippen LogP contribution >= 0.6 is 0 Å². The number of aromatic nitrogens is 3. The average molecular weight is 483 g/mol. The minimum atomic E-state index is -3.23.